The van der Waals surface area contributed by atoms with Gasteiger partial charge in [0.25, 0.3) is 0 Å². The van der Waals surface area contributed by atoms with Gasteiger partial charge >= 0.3 is 0 Å². The number of aromatic amines is 3. The number of hydrogen-bond donors (Lipinski definition) is 4. The Balaban J connectivity index is 0.000000133. The smallest absolute Gasteiger partial charge is 0.236 e. The van der Waals surface area contributed by atoms with Crippen molar-refractivity contribution in [1.82, 2.24) is 29.7 Å². The number of nitrogens with two attached hydrogens (primary N) is 1. The number of piperidine rings is 1. The number of nitrogens with one attached hydrogen (secondary N) is 3. The highest BCUT2D eigenvalue weighted by atomic mass is 16.5. The fraction of sp³-hybridized carbons (Fsp3) is 0.297. The van der Waals surface area contributed by atoms with Crippen LogP contribution in [0.5, 0.6) is 23.1 Å². The third-order valence-corrected chi connectivity index (χ3v) is 21.1. The molecule has 12 aromatic rings. The molecule has 0 spiro atoms. The van der Waals surface area contributed by atoms with E-state index in [0.717, 1.165) is 178 Å². The Morgan fingerprint density at radius 3 is 1.26 bits per heavy atom. The maximum atomic E-state index is 11.9. The molecule has 568 valence electrons. The Kier molecular flexibility index (Phi) is 22.7. The quantitative estimate of drug-likeness (QED) is 0.0700. The standard InChI is InChI=1S/C32H33N5O3.C30H28N4O3.C29H29N3O3/c33-20-24-18-23(6-9-31(24)40-26-10-12-37(13-11-26)32(38)21-34)27-2-1-3-29-28(27)19-30(35-29)22-4-7-25(8-5-22)36-14-16-39-17-15-36;1-20(35)34-18-25(19-34)37-30-10-7-22(15-23(30)17-31)26-3-2-4-28-27(26)16-29(32-28)21-5-8-24(9-6-21)33-11-13-36-14-12-33;1-29(2,3)35-28-16-20(9-12-31-28)26-17-24-23(5-4-6-25(24)32-26)19-7-8-27(21(15-19)18-30)34-22-10-13-33-14-11-22/h1-9,18-19,26,35H,10-17,21,34H2;2-10,15-16,25,32H,11-14,18-19H2,1H3;4-9,12,15-17,22,32H,10-11,13-14H2,1-3H3. The van der Waals surface area contributed by atoms with E-state index < -0.39 is 0 Å². The van der Waals surface area contributed by atoms with Crippen LogP contribution >= 0.6 is 0 Å². The fourth-order valence-electron chi connectivity index (χ4n) is 15.1. The predicted octanol–water partition coefficient (Wildman–Crippen LogP) is 15.9. The number of anilines is 2. The summed E-state index contributed by atoms with van der Waals surface area (Å²) in [5, 5.41) is 32.8. The number of amides is 2. The zero-order valence-electron chi connectivity index (χ0n) is 63.5. The Labute approximate surface area is 651 Å². The van der Waals surface area contributed by atoms with Crippen LogP contribution in [0.25, 0.3) is 99.9 Å². The van der Waals surface area contributed by atoms with E-state index in [1.165, 1.54) is 11.4 Å². The first-order valence-electron chi connectivity index (χ1n) is 38.4. The van der Waals surface area contributed by atoms with Crippen molar-refractivity contribution in [3.05, 3.63) is 211 Å². The van der Waals surface area contributed by atoms with Crippen LogP contribution in [0.4, 0.5) is 11.4 Å². The van der Waals surface area contributed by atoms with E-state index in [0.29, 0.717) is 79.2 Å². The molecule has 0 aliphatic carbocycles. The molecule has 5 saturated heterocycles. The molecule has 5 aliphatic rings. The molecule has 0 saturated carbocycles. The fourth-order valence-corrected chi connectivity index (χ4v) is 15.1. The average molecular weight is 1500 g/mol. The van der Waals surface area contributed by atoms with Crippen molar-refractivity contribution in [2.24, 2.45) is 5.73 Å². The van der Waals surface area contributed by atoms with E-state index in [1.807, 2.05) is 106 Å². The normalized spacial score (nSPS) is 15.6. The molecule has 4 aromatic heterocycles. The Hall–Kier alpha value is -12.4. The number of aromatic nitrogens is 4. The van der Waals surface area contributed by atoms with Gasteiger partial charge in [-0.2, -0.15) is 15.8 Å². The maximum absolute atomic E-state index is 11.9. The zero-order chi connectivity index (χ0) is 77.2. The lowest BCUT2D eigenvalue weighted by Gasteiger charge is -2.38. The van der Waals surface area contributed by atoms with Crippen LogP contribution < -0.4 is 34.5 Å². The molecule has 5 aliphatic heterocycles. The van der Waals surface area contributed by atoms with Crippen LogP contribution in [-0.2, 0) is 23.8 Å². The van der Waals surface area contributed by atoms with E-state index >= 15 is 0 Å². The lowest BCUT2D eigenvalue weighted by Crippen LogP contribution is -2.55. The Morgan fingerprint density at radius 2 is 0.857 bits per heavy atom. The summed E-state index contributed by atoms with van der Waals surface area (Å²) in [7, 11) is 0. The van der Waals surface area contributed by atoms with Gasteiger partial charge in [-0.25, -0.2) is 4.98 Å². The van der Waals surface area contributed by atoms with Crippen molar-refractivity contribution in [3.8, 4) is 108 Å². The first-order valence-corrected chi connectivity index (χ1v) is 38.4. The molecule has 2 amide bonds. The summed E-state index contributed by atoms with van der Waals surface area (Å²) in [6, 6.07) is 70.6. The van der Waals surface area contributed by atoms with Gasteiger partial charge in [-0.05, 0) is 168 Å². The molecule has 9 heterocycles. The molecule has 17 rings (SSSR count). The summed E-state index contributed by atoms with van der Waals surface area (Å²) in [5.74, 6) is 2.37. The van der Waals surface area contributed by atoms with Crippen LogP contribution in [0, 0.1) is 34.0 Å². The number of ether oxygens (including phenoxy) is 7. The maximum Gasteiger partial charge on any atom is 0.236 e. The van der Waals surface area contributed by atoms with Crippen molar-refractivity contribution >= 4 is 55.9 Å². The molecule has 21 nitrogen and oxygen atoms in total. The van der Waals surface area contributed by atoms with Gasteiger partial charge in [-0.3, -0.25) is 9.59 Å². The van der Waals surface area contributed by atoms with Crippen molar-refractivity contribution in [2.75, 3.05) is 108 Å². The van der Waals surface area contributed by atoms with E-state index in [2.05, 4.69) is 151 Å². The van der Waals surface area contributed by atoms with Crippen molar-refractivity contribution in [1.29, 1.82) is 15.8 Å². The summed E-state index contributed by atoms with van der Waals surface area (Å²) >= 11 is 0. The van der Waals surface area contributed by atoms with Gasteiger partial charge in [0.15, 0.2) is 0 Å². The van der Waals surface area contributed by atoms with Crippen molar-refractivity contribution in [3.63, 3.8) is 0 Å². The third kappa shape index (κ3) is 17.3. The van der Waals surface area contributed by atoms with Gasteiger partial charge in [0.1, 0.15) is 59.4 Å². The number of hydrogen-bond acceptors (Lipinski definition) is 16. The van der Waals surface area contributed by atoms with Crippen molar-refractivity contribution < 1.29 is 42.7 Å². The van der Waals surface area contributed by atoms with Crippen LogP contribution in [-0.4, -0.2) is 164 Å². The number of H-pyrrole nitrogens is 3. The van der Waals surface area contributed by atoms with Crippen molar-refractivity contribution in [2.45, 2.75) is 77.3 Å². The second kappa shape index (κ2) is 33.8. The molecule has 5 fully saturated rings. The number of carbonyl (C=O) groups is 2. The number of benzene rings is 8. The number of morpholine rings is 2. The van der Waals surface area contributed by atoms with Gasteiger partial charge in [-0.1, -0.05) is 78.9 Å². The van der Waals surface area contributed by atoms with Gasteiger partial charge < -0.3 is 73.4 Å². The van der Waals surface area contributed by atoms with E-state index in [-0.39, 0.29) is 42.3 Å². The average Bonchev–Trinajstić information content (AvgIpc) is 1.61. The largest absolute Gasteiger partial charge is 0.489 e. The summed E-state index contributed by atoms with van der Waals surface area (Å²) < 4.78 is 40.7. The number of rotatable bonds is 16. The minimum atomic E-state index is -0.321. The summed E-state index contributed by atoms with van der Waals surface area (Å²) in [6.07, 6.45) is 4.86. The number of pyridine rings is 1. The van der Waals surface area contributed by atoms with Crippen LogP contribution in [0.1, 0.15) is 70.1 Å². The first-order chi connectivity index (χ1) is 54.6. The Morgan fingerprint density at radius 1 is 0.464 bits per heavy atom. The second-order valence-electron chi connectivity index (χ2n) is 29.7. The molecule has 5 N–H and O–H groups in total. The lowest BCUT2D eigenvalue weighted by molar-refractivity contribution is -0.137. The van der Waals surface area contributed by atoms with Gasteiger partial charge in [0.05, 0.1) is 76.0 Å². The number of carbonyl (C=O) groups excluding carboxylic acids is 2. The molecule has 0 unspecified atom stereocenters. The van der Waals surface area contributed by atoms with Crippen LogP contribution in [0.3, 0.4) is 0 Å². The molecule has 0 radical (unpaired) electrons. The summed E-state index contributed by atoms with van der Waals surface area (Å²) in [6.45, 7) is 18.1. The zero-order valence-corrected chi connectivity index (χ0v) is 63.5. The van der Waals surface area contributed by atoms with E-state index in [4.69, 9.17) is 38.9 Å². The molecule has 0 atom stereocenters. The summed E-state index contributed by atoms with van der Waals surface area (Å²) in [5.41, 5.74) is 24.6. The predicted molar refractivity (Wildman–Crippen MR) is 436 cm³/mol. The molecule has 112 heavy (non-hydrogen) atoms. The van der Waals surface area contributed by atoms with Gasteiger partial charge in [0, 0.05) is 151 Å². The first kappa shape index (κ1) is 75.0. The number of nitriles is 3. The topological polar surface area (TPSA) is 269 Å². The second-order valence-corrected chi connectivity index (χ2v) is 29.7. The van der Waals surface area contributed by atoms with Gasteiger partial charge in [-0.15, -0.1) is 0 Å². The molecule has 0 bridgehead atoms. The highest BCUT2D eigenvalue weighted by Gasteiger charge is 2.32. The minimum absolute atomic E-state index is 0.0299. The minimum Gasteiger partial charge on any atom is -0.489 e. The van der Waals surface area contributed by atoms with Crippen LogP contribution in [0.2, 0.25) is 0 Å². The SMILES string of the molecule is CC(=O)N1CC(Oc2ccc(-c3cccc4[nH]c(-c5ccc(N6CCOCC6)cc5)cc34)cc2C#N)C1.CC(C)(C)Oc1cc(-c2cc3c(-c4ccc(OC5CCOCC5)c(C#N)c4)cccc3[nH]2)ccn1.N#Cc1cc(-c2cccc3[nH]c(-c4ccc(N5CCOCC5)cc4)cc23)ccc1OC1CCN(C(=O)CN)CC1. The van der Waals surface area contributed by atoms with E-state index in [9.17, 15) is 25.4 Å². The highest BCUT2D eigenvalue weighted by Crippen LogP contribution is 2.40. The molecular weight excluding hydrogens is 1410 g/mol. The lowest BCUT2D eigenvalue weighted by atomic mass is 9.99. The van der Waals surface area contributed by atoms with Crippen LogP contribution in [0.15, 0.2) is 194 Å². The molecular formula is C91H90N12O9. The highest BCUT2D eigenvalue weighted by molar-refractivity contribution is 6.01. The summed E-state index contributed by atoms with van der Waals surface area (Å²) in [4.78, 5) is 46.5. The Bertz CT molecular complexity index is 5500. The monoisotopic (exact) mass is 1490 g/mol. The van der Waals surface area contributed by atoms with E-state index in [1.54, 1.807) is 22.9 Å². The number of likely N-dealkylation sites (tertiary alicyclic amines) is 2. The number of nitrogens with zero attached hydrogens (tertiary/aromatic N) is 8. The number of fused-ring (bicyclic) bond motifs is 3. The van der Waals surface area contributed by atoms with Gasteiger partial charge in [0.2, 0.25) is 17.7 Å². The third-order valence-electron chi connectivity index (χ3n) is 21.1. The molecule has 8 aromatic carbocycles. The molecule has 21 heteroatoms.